The van der Waals surface area contributed by atoms with Gasteiger partial charge in [-0.15, -0.1) is 0 Å². The fourth-order valence-corrected chi connectivity index (χ4v) is 1.82. The summed E-state index contributed by atoms with van der Waals surface area (Å²) in [6, 6.07) is 13.1. The zero-order valence-electron chi connectivity index (χ0n) is 12.6. The number of amides is 1. The molecule has 0 saturated carbocycles. The van der Waals surface area contributed by atoms with Gasteiger partial charge in [0.1, 0.15) is 12.1 Å². The van der Waals surface area contributed by atoms with Crippen LogP contribution in [0.3, 0.4) is 0 Å². The number of nitrogens with two attached hydrogens (primary N) is 1. The average Bonchev–Trinajstić information content (AvgIpc) is 2.59. The van der Waals surface area contributed by atoms with Crippen molar-refractivity contribution in [1.82, 2.24) is 5.43 Å². The molecule has 2 rings (SSSR count). The van der Waals surface area contributed by atoms with Gasteiger partial charge in [0, 0.05) is 11.3 Å². The fraction of sp³-hybridized carbons (Fsp3) is 0.0625. The van der Waals surface area contributed by atoms with Gasteiger partial charge in [-0.3, -0.25) is 4.79 Å². The third-order valence-electron chi connectivity index (χ3n) is 2.87. The minimum Gasteiger partial charge on any atom is -0.482 e. The number of nitrogens with zero attached hydrogens (tertiary/aromatic N) is 1. The van der Waals surface area contributed by atoms with Gasteiger partial charge in [0.05, 0.1) is 5.69 Å². The molecule has 0 unspecified atom stereocenters. The largest absolute Gasteiger partial charge is 0.482 e. The van der Waals surface area contributed by atoms with Crippen molar-refractivity contribution in [1.29, 1.82) is 0 Å². The summed E-state index contributed by atoms with van der Waals surface area (Å²) in [4.78, 5) is 26.7. The van der Waals surface area contributed by atoms with E-state index in [1.165, 1.54) is 6.34 Å². The van der Waals surface area contributed by atoms with Crippen molar-refractivity contribution in [2.24, 2.45) is 10.8 Å². The molecule has 0 aliphatic rings. The van der Waals surface area contributed by atoms with Gasteiger partial charge in [0.2, 0.25) is 0 Å². The van der Waals surface area contributed by atoms with E-state index in [9.17, 15) is 9.59 Å². The maximum atomic E-state index is 12.2. The lowest BCUT2D eigenvalue weighted by atomic mass is 10.2. The van der Waals surface area contributed by atoms with Gasteiger partial charge in [-0.2, -0.15) is 0 Å². The van der Waals surface area contributed by atoms with Crippen LogP contribution in [0.5, 0.6) is 5.75 Å². The third kappa shape index (κ3) is 5.11. The van der Waals surface area contributed by atoms with Crippen LogP contribution in [0.15, 0.2) is 53.5 Å². The molecule has 0 heterocycles. The molecule has 8 nitrogen and oxygen atoms in total. The average molecular weight is 328 g/mol. The molecule has 1 amide bonds. The Morgan fingerprint density at radius 3 is 2.62 bits per heavy atom. The van der Waals surface area contributed by atoms with Crippen molar-refractivity contribution >= 4 is 29.6 Å². The smallest absolute Gasteiger partial charge is 0.341 e. The number of anilines is 1. The molecule has 2 aromatic rings. The summed E-state index contributed by atoms with van der Waals surface area (Å²) >= 11 is 0. The number of hydrogen-bond acceptors (Lipinski definition) is 5. The van der Waals surface area contributed by atoms with Gasteiger partial charge in [0.15, 0.2) is 6.61 Å². The van der Waals surface area contributed by atoms with Crippen LogP contribution in [0.25, 0.3) is 0 Å². The lowest BCUT2D eigenvalue weighted by molar-refractivity contribution is -0.139. The van der Waals surface area contributed by atoms with Crippen LogP contribution in [0.2, 0.25) is 0 Å². The fourth-order valence-electron chi connectivity index (χ4n) is 1.82. The number of aliphatic carboxylic acids is 1. The molecule has 24 heavy (non-hydrogen) atoms. The van der Waals surface area contributed by atoms with E-state index in [0.29, 0.717) is 22.7 Å². The number of hydrogen-bond donors (Lipinski definition) is 4. The molecule has 0 spiro atoms. The van der Waals surface area contributed by atoms with E-state index in [1.54, 1.807) is 48.5 Å². The second kappa shape index (κ2) is 8.30. The van der Waals surface area contributed by atoms with Crippen LogP contribution in [-0.4, -0.2) is 29.9 Å². The Morgan fingerprint density at radius 1 is 1.21 bits per heavy atom. The van der Waals surface area contributed by atoms with E-state index in [4.69, 9.17) is 15.7 Å². The third-order valence-corrected chi connectivity index (χ3v) is 2.87. The highest BCUT2D eigenvalue weighted by molar-refractivity contribution is 6.04. The maximum absolute atomic E-state index is 12.2. The van der Waals surface area contributed by atoms with E-state index >= 15 is 0 Å². The predicted molar refractivity (Wildman–Crippen MR) is 89.4 cm³/mol. The van der Waals surface area contributed by atoms with Crippen LogP contribution in [0.4, 0.5) is 11.4 Å². The summed E-state index contributed by atoms with van der Waals surface area (Å²) in [5.74, 6) is 4.15. The number of ether oxygens (including phenoxy) is 1. The quantitative estimate of drug-likeness (QED) is 0.264. The van der Waals surface area contributed by atoms with Crippen molar-refractivity contribution in [3.63, 3.8) is 0 Å². The number of rotatable bonds is 7. The van der Waals surface area contributed by atoms with Crippen molar-refractivity contribution < 1.29 is 19.4 Å². The standard InChI is InChI=1S/C16H16N4O4/c17-19-10-18-13-3-1-2-11(8-13)16(23)20-12-4-6-14(7-5-12)24-9-15(21)22/h1-8,10H,9,17H2,(H,18,19)(H,20,23)(H,21,22). The summed E-state index contributed by atoms with van der Waals surface area (Å²) in [6.45, 7) is -0.420. The lowest BCUT2D eigenvalue weighted by Crippen LogP contribution is -2.18. The molecule has 0 saturated heterocycles. The number of hydrazine groups is 1. The number of aliphatic imine (C=N–C) groups is 1. The van der Waals surface area contributed by atoms with E-state index < -0.39 is 12.6 Å². The van der Waals surface area contributed by atoms with Crippen molar-refractivity contribution in [2.45, 2.75) is 0 Å². The SMILES string of the molecule is NNC=Nc1cccc(C(=O)Nc2ccc(OCC(=O)O)cc2)c1. The predicted octanol–water partition coefficient (Wildman–Crippen LogP) is 1.53. The first-order valence-corrected chi connectivity index (χ1v) is 6.93. The molecule has 0 atom stereocenters. The molecule has 0 aliphatic carbocycles. The van der Waals surface area contributed by atoms with Crippen LogP contribution < -0.4 is 21.3 Å². The summed E-state index contributed by atoms with van der Waals surface area (Å²) in [7, 11) is 0. The molecular formula is C16H16N4O4. The highest BCUT2D eigenvalue weighted by Crippen LogP contribution is 2.18. The molecule has 0 radical (unpaired) electrons. The van der Waals surface area contributed by atoms with Gasteiger partial charge in [-0.25, -0.2) is 15.6 Å². The zero-order valence-corrected chi connectivity index (χ0v) is 12.6. The first-order chi connectivity index (χ1) is 11.6. The maximum Gasteiger partial charge on any atom is 0.341 e. The Hall–Kier alpha value is -3.39. The molecule has 0 fully saturated rings. The second-order valence-electron chi connectivity index (χ2n) is 4.64. The second-order valence-corrected chi connectivity index (χ2v) is 4.64. The Kier molecular flexibility index (Phi) is 5.87. The summed E-state index contributed by atoms with van der Waals surface area (Å²) in [6.07, 6.45) is 1.31. The molecular weight excluding hydrogens is 312 g/mol. The highest BCUT2D eigenvalue weighted by Gasteiger charge is 2.07. The van der Waals surface area contributed by atoms with Crippen molar-refractivity contribution in [3.8, 4) is 5.75 Å². The first-order valence-electron chi connectivity index (χ1n) is 6.93. The van der Waals surface area contributed by atoms with Crippen LogP contribution in [-0.2, 0) is 4.79 Å². The normalized spacial score (nSPS) is 10.4. The molecule has 0 aromatic heterocycles. The molecule has 5 N–H and O–H groups in total. The van der Waals surface area contributed by atoms with Gasteiger partial charge in [0.25, 0.3) is 5.91 Å². The van der Waals surface area contributed by atoms with E-state index in [-0.39, 0.29) is 5.91 Å². The zero-order chi connectivity index (χ0) is 17.4. The number of nitrogens with one attached hydrogen (secondary N) is 2. The summed E-state index contributed by atoms with van der Waals surface area (Å²) in [5, 5.41) is 11.3. The molecule has 0 aliphatic heterocycles. The minimum absolute atomic E-state index is 0.299. The van der Waals surface area contributed by atoms with Crippen LogP contribution in [0, 0.1) is 0 Å². The number of carbonyl (C=O) groups is 2. The lowest BCUT2D eigenvalue weighted by Gasteiger charge is -2.07. The Morgan fingerprint density at radius 2 is 1.96 bits per heavy atom. The highest BCUT2D eigenvalue weighted by atomic mass is 16.5. The van der Waals surface area contributed by atoms with Crippen LogP contribution >= 0.6 is 0 Å². The van der Waals surface area contributed by atoms with Gasteiger partial charge < -0.3 is 20.6 Å². The summed E-state index contributed by atoms with van der Waals surface area (Å²) in [5.41, 5.74) is 3.86. The van der Waals surface area contributed by atoms with Gasteiger partial charge in [-0.05, 0) is 42.5 Å². The van der Waals surface area contributed by atoms with Gasteiger partial charge >= 0.3 is 5.97 Å². The van der Waals surface area contributed by atoms with Crippen molar-refractivity contribution in [3.05, 3.63) is 54.1 Å². The Labute approximate surface area is 137 Å². The molecule has 124 valence electrons. The van der Waals surface area contributed by atoms with E-state index in [2.05, 4.69) is 15.7 Å². The van der Waals surface area contributed by atoms with E-state index in [0.717, 1.165) is 0 Å². The molecule has 2 aromatic carbocycles. The topological polar surface area (TPSA) is 126 Å². The monoisotopic (exact) mass is 328 g/mol. The van der Waals surface area contributed by atoms with Crippen LogP contribution in [0.1, 0.15) is 10.4 Å². The summed E-state index contributed by atoms with van der Waals surface area (Å²) < 4.78 is 5.02. The Balaban J connectivity index is 2.01. The number of carboxylic acid groups (broad SMARTS) is 1. The minimum atomic E-state index is -1.06. The first kappa shape index (κ1) is 17.0. The molecule has 8 heteroatoms. The van der Waals surface area contributed by atoms with Gasteiger partial charge in [-0.1, -0.05) is 6.07 Å². The number of benzene rings is 2. The molecule has 0 bridgehead atoms. The Bertz CT molecular complexity index is 744. The number of carboxylic acids is 1. The van der Waals surface area contributed by atoms with Crippen molar-refractivity contribution in [2.75, 3.05) is 11.9 Å². The van der Waals surface area contributed by atoms with E-state index in [1.807, 2.05) is 0 Å². The number of carbonyl (C=O) groups excluding carboxylic acids is 1.